The van der Waals surface area contributed by atoms with Crippen molar-refractivity contribution < 1.29 is 18.8 Å². The summed E-state index contributed by atoms with van der Waals surface area (Å²) >= 11 is 0. The Morgan fingerprint density at radius 3 is 1.27 bits per heavy atom. The summed E-state index contributed by atoms with van der Waals surface area (Å²) in [5.74, 6) is 0. The van der Waals surface area contributed by atoms with Crippen LogP contribution in [0, 0.1) is 0 Å². The monoisotopic (exact) mass is 392 g/mol. The lowest BCUT2D eigenvalue weighted by Crippen LogP contribution is -2.50. The first kappa shape index (κ1) is 26.1. The van der Waals surface area contributed by atoms with Gasteiger partial charge in [0.2, 0.25) is 0 Å². The fourth-order valence-electron chi connectivity index (χ4n) is 4.27. The van der Waals surface area contributed by atoms with E-state index in [2.05, 4.69) is 20.8 Å². The Morgan fingerprint density at radius 1 is 0.577 bits per heavy atom. The molecule has 0 unspecified atom stereocenters. The molecule has 0 aliphatic rings. The molecule has 0 aromatic rings. The molecule has 0 aromatic carbocycles. The van der Waals surface area contributed by atoms with Crippen molar-refractivity contribution in [2.45, 2.75) is 104 Å². The van der Waals surface area contributed by atoms with Gasteiger partial charge < -0.3 is 14.3 Å². The van der Waals surface area contributed by atoms with E-state index in [0.29, 0.717) is 6.42 Å². The first-order valence-electron chi connectivity index (χ1n) is 11.3. The molecule has 0 aromatic heterocycles. The predicted octanol–water partition coefficient (Wildman–Crippen LogP) is 6.11. The van der Waals surface area contributed by atoms with Gasteiger partial charge in [0.15, 0.2) is 0 Å². The van der Waals surface area contributed by atoms with E-state index in [-0.39, 0.29) is 6.16 Å². The highest BCUT2D eigenvalue weighted by molar-refractivity contribution is 7.51. The molecule has 0 aliphatic heterocycles. The number of unbranched alkanes of at least 4 members (excludes halogenated alkanes) is 9. The molecular formula is C21H47NO3P+. The van der Waals surface area contributed by atoms with Gasteiger partial charge in [-0.15, -0.1) is 0 Å². The van der Waals surface area contributed by atoms with Crippen LogP contribution in [0.15, 0.2) is 0 Å². The maximum absolute atomic E-state index is 10.8. The minimum Gasteiger partial charge on any atom is -0.324 e. The van der Waals surface area contributed by atoms with E-state index in [1.54, 1.807) is 0 Å². The first-order valence-corrected chi connectivity index (χ1v) is 13.1. The second kappa shape index (κ2) is 16.1. The molecule has 0 atom stereocenters. The van der Waals surface area contributed by atoms with Crippen molar-refractivity contribution in [1.82, 2.24) is 0 Å². The van der Waals surface area contributed by atoms with Gasteiger partial charge in [-0.2, -0.15) is 0 Å². The number of quaternary nitrogens is 1. The van der Waals surface area contributed by atoms with Crippen molar-refractivity contribution in [3.05, 3.63) is 0 Å². The number of hydrogen-bond donors (Lipinski definition) is 2. The maximum atomic E-state index is 10.8. The van der Waals surface area contributed by atoms with Crippen LogP contribution < -0.4 is 0 Å². The Kier molecular flexibility index (Phi) is 16.2. The van der Waals surface area contributed by atoms with Gasteiger partial charge in [0.1, 0.15) is 0 Å². The third kappa shape index (κ3) is 15.2. The average Bonchev–Trinajstić information content (AvgIpc) is 2.55. The van der Waals surface area contributed by atoms with Crippen LogP contribution in [0.1, 0.15) is 104 Å². The molecule has 0 heterocycles. The molecule has 0 radical (unpaired) electrons. The number of rotatable bonds is 19. The molecule has 4 nitrogen and oxygen atoms in total. The van der Waals surface area contributed by atoms with Crippen LogP contribution in [0.2, 0.25) is 0 Å². The molecular weight excluding hydrogens is 345 g/mol. The molecule has 2 N–H and O–H groups in total. The summed E-state index contributed by atoms with van der Waals surface area (Å²) in [6.45, 7) is 12.4. The van der Waals surface area contributed by atoms with E-state index in [0.717, 1.165) is 12.8 Å². The van der Waals surface area contributed by atoms with Crippen molar-refractivity contribution in [3.8, 4) is 0 Å². The molecule has 0 amide bonds. The van der Waals surface area contributed by atoms with Gasteiger partial charge in [0.05, 0.1) is 26.2 Å². The zero-order chi connectivity index (χ0) is 19.7. The Labute approximate surface area is 163 Å². The fraction of sp³-hybridized carbons (Fsp3) is 1.00. The Bertz CT molecular complexity index is 340. The van der Waals surface area contributed by atoms with Crippen LogP contribution >= 0.6 is 7.60 Å². The molecule has 0 aliphatic carbocycles. The number of hydrogen-bond acceptors (Lipinski definition) is 1. The lowest BCUT2D eigenvalue weighted by molar-refractivity contribution is -0.928. The zero-order valence-electron chi connectivity index (χ0n) is 17.9. The molecule has 0 saturated carbocycles. The van der Waals surface area contributed by atoms with Crippen molar-refractivity contribution >= 4 is 7.60 Å². The largest absolute Gasteiger partial charge is 0.325 e. The summed E-state index contributed by atoms with van der Waals surface area (Å²) in [6, 6.07) is 0. The topological polar surface area (TPSA) is 57.5 Å². The van der Waals surface area contributed by atoms with Crippen molar-refractivity contribution in [2.24, 2.45) is 0 Å². The first-order chi connectivity index (χ1) is 12.4. The van der Waals surface area contributed by atoms with Crippen LogP contribution in [0.3, 0.4) is 0 Å². The van der Waals surface area contributed by atoms with Crippen LogP contribution in [0.5, 0.6) is 0 Å². The average molecular weight is 393 g/mol. The predicted molar refractivity (Wildman–Crippen MR) is 114 cm³/mol. The maximum Gasteiger partial charge on any atom is 0.325 e. The van der Waals surface area contributed by atoms with Gasteiger partial charge in [-0.3, -0.25) is 4.57 Å². The van der Waals surface area contributed by atoms with E-state index in [9.17, 15) is 4.57 Å². The third-order valence-corrected chi connectivity index (χ3v) is 6.32. The standard InChI is InChI=1S/C21H46NO3P/c1-4-17-22(18-5-2,19-6-3)20-15-13-11-9-7-8-10-12-14-16-21-26(23,24)25/h4-21H2,1-3H3,(H-,23,24,25)/p+1. The molecule has 0 spiro atoms. The highest BCUT2D eigenvalue weighted by Gasteiger charge is 2.23. The second-order valence-electron chi connectivity index (χ2n) is 8.16. The van der Waals surface area contributed by atoms with E-state index in [1.807, 2.05) is 0 Å². The second-order valence-corrected chi connectivity index (χ2v) is 9.94. The van der Waals surface area contributed by atoms with Gasteiger partial charge >= 0.3 is 7.60 Å². The summed E-state index contributed by atoms with van der Waals surface area (Å²) in [5, 5.41) is 0. The number of nitrogens with zero attached hydrogens (tertiary/aromatic N) is 1. The Hall–Kier alpha value is 0.110. The summed E-state index contributed by atoms with van der Waals surface area (Å²) < 4.78 is 12.1. The summed E-state index contributed by atoms with van der Waals surface area (Å²) in [5.41, 5.74) is 0. The highest BCUT2D eigenvalue weighted by atomic mass is 31.2. The molecule has 0 bridgehead atoms. The quantitative estimate of drug-likeness (QED) is 0.158. The van der Waals surface area contributed by atoms with Gasteiger partial charge in [0, 0.05) is 6.16 Å². The summed E-state index contributed by atoms with van der Waals surface area (Å²) in [7, 11) is -3.77. The van der Waals surface area contributed by atoms with Gasteiger partial charge in [0.25, 0.3) is 0 Å². The van der Waals surface area contributed by atoms with E-state index in [4.69, 9.17) is 9.79 Å². The Balaban J connectivity index is 3.62. The molecule has 5 heteroatoms. The Morgan fingerprint density at radius 2 is 0.923 bits per heavy atom. The lowest BCUT2D eigenvalue weighted by Gasteiger charge is -2.38. The molecule has 0 rings (SSSR count). The van der Waals surface area contributed by atoms with E-state index in [1.165, 1.54) is 94.9 Å². The van der Waals surface area contributed by atoms with Gasteiger partial charge in [-0.25, -0.2) is 0 Å². The van der Waals surface area contributed by atoms with Crippen molar-refractivity contribution in [3.63, 3.8) is 0 Å². The van der Waals surface area contributed by atoms with Gasteiger partial charge in [-0.1, -0.05) is 65.7 Å². The van der Waals surface area contributed by atoms with Crippen LogP contribution in [-0.4, -0.2) is 46.6 Å². The van der Waals surface area contributed by atoms with Crippen LogP contribution in [-0.2, 0) is 4.57 Å². The smallest absolute Gasteiger partial charge is 0.324 e. The van der Waals surface area contributed by atoms with E-state index < -0.39 is 7.60 Å². The molecule has 26 heavy (non-hydrogen) atoms. The van der Waals surface area contributed by atoms with Crippen LogP contribution in [0.4, 0.5) is 0 Å². The minimum absolute atomic E-state index is 0.0566. The summed E-state index contributed by atoms with van der Waals surface area (Å²) in [4.78, 5) is 17.6. The molecule has 0 fully saturated rings. The SMILES string of the molecule is CCC[N+](CCC)(CCC)CCCCCCCCCCCCP(=O)(O)O. The van der Waals surface area contributed by atoms with E-state index >= 15 is 0 Å². The molecule has 158 valence electrons. The zero-order valence-corrected chi connectivity index (χ0v) is 18.8. The normalized spacial score (nSPS) is 12.7. The van der Waals surface area contributed by atoms with Crippen LogP contribution in [0.25, 0.3) is 0 Å². The third-order valence-electron chi connectivity index (χ3n) is 5.43. The fourth-order valence-corrected chi connectivity index (χ4v) is 4.91. The summed E-state index contributed by atoms with van der Waals surface area (Å²) in [6.07, 6.45) is 16.0. The minimum atomic E-state index is -3.77. The van der Waals surface area contributed by atoms with Crippen molar-refractivity contribution in [2.75, 3.05) is 32.3 Å². The van der Waals surface area contributed by atoms with Gasteiger partial charge in [-0.05, 0) is 38.5 Å². The van der Waals surface area contributed by atoms with Crippen molar-refractivity contribution in [1.29, 1.82) is 0 Å². The lowest BCUT2D eigenvalue weighted by atomic mass is 10.1. The highest BCUT2D eigenvalue weighted by Crippen LogP contribution is 2.35. The molecule has 0 saturated heterocycles.